The molecule has 1 N–H and O–H groups in total. The highest BCUT2D eigenvalue weighted by atomic mass is 79.9. The molecule has 0 spiro atoms. The molecule has 2 rings (SSSR count). The number of hydrogen-bond acceptors (Lipinski definition) is 4. The molecule has 0 aliphatic heterocycles. The van der Waals surface area contributed by atoms with E-state index in [-0.39, 0.29) is 0 Å². The van der Waals surface area contributed by atoms with Crippen LogP contribution in [0.25, 0.3) is 0 Å². The largest absolute Gasteiger partial charge is 0.308 e. The molecule has 0 aliphatic carbocycles. The van der Waals surface area contributed by atoms with Crippen LogP contribution < -0.4 is 5.32 Å². The Hall–Kier alpha value is -0.200. The highest BCUT2D eigenvalue weighted by Gasteiger charge is 2.06. The molecular weight excluding hydrogens is 340 g/mol. The molecule has 1 unspecified atom stereocenters. The lowest BCUT2D eigenvalue weighted by Gasteiger charge is -2.18. The lowest BCUT2D eigenvalue weighted by Crippen LogP contribution is -2.30. The van der Waals surface area contributed by atoms with Crippen LogP contribution in [0.2, 0.25) is 0 Å². The standard InChI is InChI=1S/C14H19BrN2S2/c1-11(14-4-3-7-18-14)16-5-6-17(2)9-13-8-12(15)10-19-13/h3-4,7-8,10-11,16H,5-6,9H2,1-2H3. The minimum Gasteiger partial charge on any atom is -0.308 e. The average molecular weight is 359 g/mol. The van der Waals surface area contributed by atoms with Gasteiger partial charge in [0.1, 0.15) is 0 Å². The van der Waals surface area contributed by atoms with E-state index in [0.717, 1.165) is 19.6 Å². The Morgan fingerprint density at radius 2 is 2.26 bits per heavy atom. The molecule has 2 aromatic rings. The summed E-state index contributed by atoms with van der Waals surface area (Å²) in [5.74, 6) is 0. The van der Waals surface area contributed by atoms with Crippen LogP contribution in [-0.4, -0.2) is 25.0 Å². The summed E-state index contributed by atoms with van der Waals surface area (Å²) in [5.41, 5.74) is 0. The SMILES string of the molecule is CC(NCCN(C)Cc1cc(Br)cs1)c1cccs1. The van der Waals surface area contributed by atoms with Gasteiger partial charge in [0.15, 0.2) is 0 Å². The Balaban J connectivity index is 1.68. The minimum absolute atomic E-state index is 0.448. The molecule has 1 atom stereocenters. The summed E-state index contributed by atoms with van der Waals surface area (Å²) >= 11 is 7.12. The number of likely N-dealkylation sites (N-methyl/N-ethyl adjacent to an activating group) is 1. The monoisotopic (exact) mass is 358 g/mol. The molecule has 2 nitrogen and oxygen atoms in total. The Morgan fingerprint density at radius 1 is 1.42 bits per heavy atom. The molecule has 0 bridgehead atoms. The van der Waals surface area contributed by atoms with Crippen LogP contribution in [0.15, 0.2) is 33.4 Å². The number of thiophene rings is 2. The van der Waals surface area contributed by atoms with Crippen molar-refractivity contribution >= 4 is 38.6 Å². The van der Waals surface area contributed by atoms with Gasteiger partial charge in [-0.25, -0.2) is 0 Å². The second kappa shape index (κ2) is 7.55. The Morgan fingerprint density at radius 3 is 2.89 bits per heavy atom. The van der Waals surface area contributed by atoms with Gasteiger partial charge in [-0.3, -0.25) is 0 Å². The van der Waals surface area contributed by atoms with Crippen LogP contribution >= 0.6 is 38.6 Å². The molecule has 5 heteroatoms. The predicted octanol–water partition coefficient (Wildman–Crippen LogP) is 4.35. The van der Waals surface area contributed by atoms with E-state index in [4.69, 9.17) is 0 Å². The van der Waals surface area contributed by atoms with Crippen molar-refractivity contribution in [2.75, 3.05) is 20.1 Å². The molecule has 104 valence electrons. The van der Waals surface area contributed by atoms with Gasteiger partial charge >= 0.3 is 0 Å². The van der Waals surface area contributed by atoms with E-state index in [9.17, 15) is 0 Å². The predicted molar refractivity (Wildman–Crippen MR) is 89.1 cm³/mol. The zero-order valence-corrected chi connectivity index (χ0v) is 14.4. The maximum atomic E-state index is 3.57. The van der Waals surface area contributed by atoms with Crippen LogP contribution in [0, 0.1) is 0 Å². The summed E-state index contributed by atoms with van der Waals surface area (Å²) in [6.07, 6.45) is 0. The van der Waals surface area contributed by atoms with Crippen LogP contribution in [0.5, 0.6) is 0 Å². The van der Waals surface area contributed by atoms with Crippen molar-refractivity contribution in [1.82, 2.24) is 10.2 Å². The summed E-state index contributed by atoms with van der Waals surface area (Å²) in [5, 5.41) is 7.84. The van der Waals surface area contributed by atoms with Crippen LogP contribution in [0.3, 0.4) is 0 Å². The number of rotatable bonds is 7. The highest BCUT2D eigenvalue weighted by molar-refractivity contribution is 9.10. The normalized spacial score (nSPS) is 13.1. The minimum atomic E-state index is 0.448. The van der Waals surface area contributed by atoms with Crippen LogP contribution in [0.4, 0.5) is 0 Å². The van der Waals surface area contributed by atoms with Gasteiger partial charge in [0, 0.05) is 45.3 Å². The number of nitrogens with zero attached hydrogens (tertiary/aromatic N) is 1. The van der Waals surface area contributed by atoms with Gasteiger partial charge in [-0.1, -0.05) is 6.07 Å². The first-order valence-electron chi connectivity index (χ1n) is 6.33. The van der Waals surface area contributed by atoms with Gasteiger partial charge in [0.25, 0.3) is 0 Å². The maximum Gasteiger partial charge on any atom is 0.0386 e. The lowest BCUT2D eigenvalue weighted by atomic mass is 10.3. The lowest BCUT2D eigenvalue weighted by molar-refractivity contribution is 0.322. The summed E-state index contributed by atoms with van der Waals surface area (Å²) < 4.78 is 1.19. The quantitative estimate of drug-likeness (QED) is 0.790. The van der Waals surface area contributed by atoms with Gasteiger partial charge in [-0.05, 0) is 47.4 Å². The van der Waals surface area contributed by atoms with Crippen molar-refractivity contribution in [2.45, 2.75) is 19.5 Å². The Bertz CT molecular complexity index is 481. The third-order valence-corrected chi connectivity index (χ3v) is 5.70. The van der Waals surface area contributed by atoms with Crippen LogP contribution in [-0.2, 0) is 6.54 Å². The van der Waals surface area contributed by atoms with Crippen molar-refractivity contribution in [1.29, 1.82) is 0 Å². The first-order valence-corrected chi connectivity index (χ1v) is 8.88. The number of hydrogen-bond donors (Lipinski definition) is 1. The topological polar surface area (TPSA) is 15.3 Å². The van der Waals surface area contributed by atoms with E-state index in [1.807, 2.05) is 22.7 Å². The van der Waals surface area contributed by atoms with E-state index < -0.39 is 0 Å². The molecule has 0 fully saturated rings. The highest BCUT2D eigenvalue weighted by Crippen LogP contribution is 2.21. The first kappa shape index (κ1) is 15.2. The molecule has 19 heavy (non-hydrogen) atoms. The van der Waals surface area contributed by atoms with Crippen molar-refractivity contribution < 1.29 is 0 Å². The Kier molecular flexibility index (Phi) is 6.04. The molecule has 0 radical (unpaired) electrons. The average Bonchev–Trinajstić information content (AvgIpc) is 3.00. The molecule has 0 aliphatic rings. The van der Waals surface area contributed by atoms with Gasteiger partial charge < -0.3 is 10.2 Å². The molecule has 0 aromatic carbocycles. The second-order valence-electron chi connectivity index (χ2n) is 4.66. The molecule has 0 saturated heterocycles. The van der Waals surface area contributed by atoms with Crippen molar-refractivity contribution in [3.63, 3.8) is 0 Å². The van der Waals surface area contributed by atoms with E-state index in [1.165, 1.54) is 14.2 Å². The van der Waals surface area contributed by atoms with Crippen molar-refractivity contribution in [3.05, 3.63) is 43.2 Å². The van der Waals surface area contributed by atoms with Gasteiger partial charge in [-0.15, -0.1) is 22.7 Å². The van der Waals surface area contributed by atoms with Gasteiger partial charge in [0.2, 0.25) is 0 Å². The molecular formula is C14H19BrN2S2. The van der Waals surface area contributed by atoms with Crippen LogP contribution in [0.1, 0.15) is 22.7 Å². The first-order chi connectivity index (χ1) is 9.15. The van der Waals surface area contributed by atoms with E-state index >= 15 is 0 Å². The van der Waals surface area contributed by atoms with Gasteiger partial charge in [-0.2, -0.15) is 0 Å². The summed E-state index contributed by atoms with van der Waals surface area (Å²) in [4.78, 5) is 5.16. The zero-order chi connectivity index (χ0) is 13.7. The fraction of sp³-hybridized carbons (Fsp3) is 0.429. The van der Waals surface area contributed by atoms with E-state index in [2.05, 4.69) is 69.1 Å². The van der Waals surface area contributed by atoms with Gasteiger partial charge in [0.05, 0.1) is 0 Å². The molecule has 0 amide bonds. The number of halogens is 1. The summed E-state index contributed by atoms with van der Waals surface area (Å²) in [7, 11) is 2.17. The maximum absolute atomic E-state index is 3.57. The van der Waals surface area contributed by atoms with Crippen molar-refractivity contribution in [3.8, 4) is 0 Å². The fourth-order valence-electron chi connectivity index (χ4n) is 1.89. The second-order valence-corrected chi connectivity index (χ2v) is 7.55. The molecule has 2 heterocycles. The molecule has 0 saturated carbocycles. The van der Waals surface area contributed by atoms with E-state index in [1.54, 1.807) is 0 Å². The zero-order valence-electron chi connectivity index (χ0n) is 11.2. The fourth-order valence-corrected chi connectivity index (χ4v) is 4.18. The number of nitrogens with one attached hydrogen (secondary N) is 1. The summed E-state index contributed by atoms with van der Waals surface area (Å²) in [6, 6.07) is 6.95. The Labute approximate surface area is 131 Å². The third-order valence-electron chi connectivity index (χ3n) is 2.96. The third kappa shape index (κ3) is 5.00. The van der Waals surface area contributed by atoms with E-state index in [0.29, 0.717) is 6.04 Å². The molecule has 2 aromatic heterocycles. The smallest absolute Gasteiger partial charge is 0.0386 e. The van der Waals surface area contributed by atoms with Crippen molar-refractivity contribution in [2.24, 2.45) is 0 Å². The summed E-state index contributed by atoms with van der Waals surface area (Å²) in [6.45, 7) is 5.32.